The van der Waals surface area contributed by atoms with Gasteiger partial charge < -0.3 is 24.7 Å². The highest BCUT2D eigenvalue weighted by molar-refractivity contribution is 7.80. The van der Waals surface area contributed by atoms with Gasteiger partial charge in [-0.3, -0.25) is 4.79 Å². The number of ether oxygens (including phenoxy) is 2. The van der Waals surface area contributed by atoms with E-state index < -0.39 is 0 Å². The van der Waals surface area contributed by atoms with Gasteiger partial charge in [0.25, 0.3) is 5.56 Å². The topological polar surface area (TPSA) is 66.6 Å². The summed E-state index contributed by atoms with van der Waals surface area (Å²) in [6.45, 7) is 7.17. The Morgan fingerprint density at radius 2 is 2.18 bits per heavy atom. The monoisotopic (exact) mass is 403 g/mol. The van der Waals surface area contributed by atoms with Gasteiger partial charge in [0.15, 0.2) is 5.11 Å². The molecule has 2 heterocycles. The molecule has 152 valence electrons. The van der Waals surface area contributed by atoms with Crippen molar-refractivity contribution in [3.05, 3.63) is 45.2 Å². The Bertz CT molecular complexity index is 890. The summed E-state index contributed by atoms with van der Waals surface area (Å²) in [5.41, 5.74) is 3.75. The number of hydrogen-bond donors (Lipinski definition) is 2. The molecular weight excluding hydrogens is 374 g/mol. The number of aryl methyl sites for hydroxylation is 2. The van der Waals surface area contributed by atoms with E-state index >= 15 is 0 Å². The molecule has 1 aliphatic rings. The minimum absolute atomic E-state index is 0.0711. The van der Waals surface area contributed by atoms with Crippen molar-refractivity contribution in [2.45, 2.75) is 39.3 Å². The number of hydrogen-bond acceptors (Lipinski definition) is 4. The second-order valence-corrected chi connectivity index (χ2v) is 7.74. The summed E-state index contributed by atoms with van der Waals surface area (Å²) in [5, 5.41) is 4.91. The van der Waals surface area contributed by atoms with E-state index in [4.69, 9.17) is 21.7 Å². The number of nitrogens with one attached hydrogen (secondary N) is 2. The van der Waals surface area contributed by atoms with Crippen molar-refractivity contribution in [1.29, 1.82) is 0 Å². The fourth-order valence-corrected chi connectivity index (χ4v) is 3.81. The van der Waals surface area contributed by atoms with Crippen LogP contribution in [0.25, 0.3) is 10.9 Å². The first-order chi connectivity index (χ1) is 13.5. The van der Waals surface area contributed by atoms with Crippen LogP contribution in [0.15, 0.2) is 23.0 Å². The molecule has 7 heteroatoms. The first kappa shape index (κ1) is 20.8. The van der Waals surface area contributed by atoms with Gasteiger partial charge in [0.05, 0.1) is 24.8 Å². The first-order valence-corrected chi connectivity index (χ1v) is 10.2. The van der Waals surface area contributed by atoms with Crippen molar-refractivity contribution in [2.24, 2.45) is 0 Å². The molecule has 0 amide bonds. The van der Waals surface area contributed by atoms with E-state index in [0.717, 1.165) is 41.5 Å². The molecule has 3 rings (SSSR count). The Morgan fingerprint density at radius 3 is 2.89 bits per heavy atom. The number of thiocarbonyl (C=S) groups is 1. The average Bonchev–Trinajstić information content (AvgIpc) is 3.18. The molecule has 1 saturated heterocycles. The van der Waals surface area contributed by atoms with Crippen molar-refractivity contribution in [2.75, 3.05) is 33.4 Å². The third-order valence-corrected chi connectivity index (χ3v) is 5.60. The van der Waals surface area contributed by atoms with Gasteiger partial charge in [-0.25, -0.2) is 0 Å². The molecule has 0 saturated carbocycles. The third kappa shape index (κ3) is 4.90. The number of rotatable bonds is 7. The lowest BCUT2D eigenvalue weighted by Gasteiger charge is -2.28. The lowest BCUT2D eigenvalue weighted by molar-refractivity contribution is 0.0895. The molecule has 1 fully saturated rings. The van der Waals surface area contributed by atoms with E-state index in [1.807, 2.05) is 24.0 Å². The Balaban J connectivity index is 1.86. The molecule has 1 atom stereocenters. The number of fused-ring (bicyclic) bond motifs is 1. The minimum atomic E-state index is -0.0711. The Labute approximate surface area is 171 Å². The van der Waals surface area contributed by atoms with Crippen LogP contribution in [0.1, 0.15) is 29.5 Å². The number of benzene rings is 1. The molecule has 1 aromatic carbocycles. The van der Waals surface area contributed by atoms with Crippen molar-refractivity contribution >= 4 is 28.2 Å². The molecule has 28 heavy (non-hydrogen) atoms. The highest BCUT2D eigenvalue weighted by Crippen LogP contribution is 2.21. The van der Waals surface area contributed by atoms with E-state index in [9.17, 15) is 4.79 Å². The molecule has 0 bridgehead atoms. The van der Waals surface area contributed by atoms with Crippen LogP contribution >= 0.6 is 12.2 Å². The number of aromatic nitrogens is 1. The molecule has 2 aromatic rings. The van der Waals surface area contributed by atoms with Gasteiger partial charge in [0.2, 0.25) is 0 Å². The Kier molecular flexibility index (Phi) is 7.04. The number of pyridine rings is 1. The summed E-state index contributed by atoms with van der Waals surface area (Å²) in [7, 11) is 1.66. The van der Waals surface area contributed by atoms with Crippen LogP contribution in [0, 0.1) is 13.8 Å². The molecule has 0 radical (unpaired) electrons. The van der Waals surface area contributed by atoms with Crippen molar-refractivity contribution in [3.63, 3.8) is 0 Å². The minimum Gasteiger partial charge on any atom is -0.383 e. The molecule has 0 unspecified atom stereocenters. The molecule has 0 spiro atoms. The summed E-state index contributed by atoms with van der Waals surface area (Å²) in [6, 6.07) is 6.11. The number of nitrogens with zero attached hydrogens (tertiary/aromatic N) is 1. The third-order valence-electron chi connectivity index (χ3n) is 5.20. The highest BCUT2D eigenvalue weighted by atomic mass is 32.1. The SMILES string of the molecule is COCCNC(=S)N(Cc1cc2c(C)ccc(C)c2[nH]c1=O)C[C@H]1CCCO1. The van der Waals surface area contributed by atoms with Crippen LogP contribution in [-0.2, 0) is 16.0 Å². The maximum atomic E-state index is 12.8. The van der Waals surface area contributed by atoms with Gasteiger partial charge in [0.1, 0.15) is 0 Å². The summed E-state index contributed by atoms with van der Waals surface area (Å²) in [6.07, 6.45) is 2.23. The smallest absolute Gasteiger partial charge is 0.253 e. The first-order valence-electron chi connectivity index (χ1n) is 9.75. The predicted molar refractivity (Wildman–Crippen MR) is 116 cm³/mol. The van der Waals surface area contributed by atoms with Crippen molar-refractivity contribution in [3.8, 4) is 0 Å². The summed E-state index contributed by atoms with van der Waals surface area (Å²) in [4.78, 5) is 17.8. The lowest BCUT2D eigenvalue weighted by Crippen LogP contribution is -2.44. The Hall–Kier alpha value is -1.96. The number of aromatic amines is 1. The zero-order chi connectivity index (χ0) is 20.1. The molecule has 1 aliphatic heterocycles. The van der Waals surface area contributed by atoms with Gasteiger partial charge in [-0.05, 0) is 56.1 Å². The maximum absolute atomic E-state index is 12.8. The van der Waals surface area contributed by atoms with Crippen molar-refractivity contribution < 1.29 is 9.47 Å². The van der Waals surface area contributed by atoms with Gasteiger partial charge in [-0.2, -0.15) is 0 Å². The average molecular weight is 404 g/mol. The van der Waals surface area contributed by atoms with Gasteiger partial charge in [-0.15, -0.1) is 0 Å². The summed E-state index contributed by atoms with van der Waals surface area (Å²) >= 11 is 5.60. The summed E-state index contributed by atoms with van der Waals surface area (Å²) in [5.74, 6) is 0. The zero-order valence-electron chi connectivity index (χ0n) is 16.8. The van der Waals surface area contributed by atoms with Gasteiger partial charge in [0, 0.05) is 37.8 Å². The van der Waals surface area contributed by atoms with Crippen LogP contribution < -0.4 is 10.9 Å². The number of H-pyrrole nitrogens is 1. The van der Waals surface area contributed by atoms with Crippen LogP contribution in [-0.4, -0.2) is 54.5 Å². The predicted octanol–water partition coefficient (Wildman–Crippen LogP) is 2.65. The molecule has 2 N–H and O–H groups in total. The van der Waals surface area contributed by atoms with Crippen LogP contribution in [0.4, 0.5) is 0 Å². The highest BCUT2D eigenvalue weighted by Gasteiger charge is 2.22. The van der Waals surface area contributed by atoms with E-state index in [-0.39, 0.29) is 11.7 Å². The molecule has 1 aromatic heterocycles. The number of methoxy groups -OCH3 is 1. The quantitative estimate of drug-likeness (QED) is 0.547. The van der Waals surface area contributed by atoms with Gasteiger partial charge >= 0.3 is 0 Å². The second-order valence-electron chi connectivity index (χ2n) is 7.35. The Morgan fingerprint density at radius 1 is 1.39 bits per heavy atom. The van der Waals surface area contributed by atoms with Crippen LogP contribution in [0.2, 0.25) is 0 Å². The maximum Gasteiger partial charge on any atom is 0.253 e. The molecular formula is C21H29N3O3S. The molecule has 6 nitrogen and oxygen atoms in total. The van der Waals surface area contributed by atoms with Crippen LogP contribution in [0.5, 0.6) is 0 Å². The van der Waals surface area contributed by atoms with E-state index in [1.165, 1.54) is 0 Å². The largest absolute Gasteiger partial charge is 0.383 e. The lowest BCUT2D eigenvalue weighted by atomic mass is 10.0. The molecule has 0 aliphatic carbocycles. The van der Waals surface area contributed by atoms with E-state index in [2.05, 4.69) is 23.3 Å². The van der Waals surface area contributed by atoms with Crippen molar-refractivity contribution in [1.82, 2.24) is 15.2 Å². The van der Waals surface area contributed by atoms with E-state index in [1.54, 1.807) is 7.11 Å². The fourth-order valence-electron chi connectivity index (χ4n) is 3.57. The zero-order valence-corrected chi connectivity index (χ0v) is 17.7. The van der Waals surface area contributed by atoms with Gasteiger partial charge in [-0.1, -0.05) is 12.1 Å². The summed E-state index contributed by atoms with van der Waals surface area (Å²) < 4.78 is 10.9. The fraction of sp³-hybridized carbons (Fsp3) is 0.524. The second kappa shape index (κ2) is 9.49. The standard InChI is InChI=1S/C21H29N3O3S/c1-14-6-7-15(2)19-18(14)11-16(20(25)23-19)12-24(13-17-5-4-9-27-17)21(28)22-8-10-26-3/h6-7,11,17H,4-5,8-10,12-13H2,1-3H3,(H,22,28)(H,23,25)/t17-/m1/s1. The normalized spacial score (nSPS) is 16.5. The van der Waals surface area contributed by atoms with E-state index in [0.29, 0.717) is 36.9 Å². The van der Waals surface area contributed by atoms with Crippen LogP contribution in [0.3, 0.4) is 0 Å².